The highest BCUT2D eigenvalue weighted by Gasteiger charge is 2.23. The highest BCUT2D eigenvalue weighted by molar-refractivity contribution is 5.76. The number of ether oxygens (including phenoxy) is 2. The van der Waals surface area contributed by atoms with Gasteiger partial charge >= 0.3 is 12.1 Å². The Kier molecular flexibility index (Phi) is 10.5. The smallest absolute Gasteiger partial charge is 0.407 e. The second-order valence-electron chi connectivity index (χ2n) is 7.71. The quantitative estimate of drug-likeness (QED) is 0.579. The molecule has 152 valence electrons. The van der Waals surface area contributed by atoms with Crippen LogP contribution in [0.3, 0.4) is 0 Å². The van der Waals surface area contributed by atoms with Gasteiger partial charge in [-0.05, 0) is 30.7 Å². The molecule has 0 aliphatic rings. The average Bonchev–Trinajstić information content (AvgIpc) is 2.63. The molecule has 0 fully saturated rings. The predicted molar refractivity (Wildman–Crippen MR) is 107 cm³/mol. The van der Waals surface area contributed by atoms with Gasteiger partial charge in [0.25, 0.3) is 0 Å². The second kappa shape index (κ2) is 12.3. The summed E-state index contributed by atoms with van der Waals surface area (Å²) < 4.78 is 10.5. The number of carbonyl (C=O) groups is 2. The monoisotopic (exact) mass is 378 g/mol. The lowest BCUT2D eigenvalue weighted by Gasteiger charge is -2.23. The molecule has 2 unspecified atom stereocenters. The van der Waals surface area contributed by atoms with E-state index in [1.165, 1.54) is 0 Å². The molecule has 1 aromatic carbocycles. The molecule has 6 heteroatoms. The molecule has 1 amide bonds. The van der Waals surface area contributed by atoms with Crippen LogP contribution in [0, 0.1) is 11.8 Å². The number of nitrogens with one attached hydrogen (secondary N) is 2. The third kappa shape index (κ3) is 10.6. The van der Waals surface area contributed by atoms with E-state index in [1.807, 2.05) is 65.0 Å². The maximum Gasteiger partial charge on any atom is 0.407 e. The number of rotatable bonds is 11. The number of carbonyl (C=O) groups excluding carboxylic acids is 2. The first kappa shape index (κ1) is 23.0. The lowest BCUT2D eigenvalue weighted by atomic mass is 10.1. The van der Waals surface area contributed by atoms with E-state index in [9.17, 15) is 9.59 Å². The van der Waals surface area contributed by atoms with Crippen molar-refractivity contribution >= 4 is 12.1 Å². The van der Waals surface area contributed by atoms with Gasteiger partial charge < -0.3 is 14.8 Å². The Balaban J connectivity index is 2.58. The standard InChI is InChI=1S/C21H34N2O4/c1-15(2)13-26-20(24)19(11-18-9-7-6-8-10-18)23-17(5)12-22-21(25)27-14-16(3)4/h6-10,15-17,19,23H,11-14H2,1-5H3,(H,22,25). The highest BCUT2D eigenvalue weighted by Crippen LogP contribution is 2.07. The van der Waals surface area contributed by atoms with Gasteiger partial charge in [0, 0.05) is 12.6 Å². The Hall–Kier alpha value is -2.08. The summed E-state index contributed by atoms with van der Waals surface area (Å²) in [6, 6.07) is 9.21. The van der Waals surface area contributed by atoms with Crippen molar-refractivity contribution in [3.63, 3.8) is 0 Å². The fourth-order valence-corrected chi connectivity index (χ4v) is 2.34. The Labute approximate surface area is 163 Å². The van der Waals surface area contributed by atoms with Crippen LogP contribution in [-0.2, 0) is 20.7 Å². The van der Waals surface area contributed by atoms with Crippen LogP contribution in [0.15, 0.2) is 30.3 Å². The van der Waals surface area contributed by atoms with Gasteiger partial charge in [-0.15, -0.1) is 0 Å². The summed E-state index contributed by atoms with van der Waals surface area (Å²) in [6.45, 7) is 11.0. The van der Waals surface area contributed by atoms with E-state index in [4.69, 9.17) is 9.47 Å². The normalized spacial score (nSPS) is 13.3. The summed E-state index contributed by atoms with van der Waals surface area (Å²) in [5, 5.41) is 5.98. The van der Waals surface area contributed by atoms with Gasteiger partial charge in [-0.2, -0.15) is 0 Å². The fraction of sp³-hybridized carbons (Fsp3) is 0.619. The van der Waals surface area contributed by atoms with Gasteiger partial charge in [0.1, 0.15) is 6.04 Å². The SMILES string of the molecule is CC(C)COC(=O)NCC(C)NC(Cc1ccccc1)C(=O)OCC(C)C. The molecule has 0 saturated carbocycles. The maximum absolute atomic E-state index is 12.5. The van der Waals surface area contributed by atoms with Crippen LogP contribution in [0.1, 0.15) is 40.2 Å². The Morgan fingerprint density at radius 1 is 0.926 bits per heavy atom. The molecule has 0 bridgehead atoms. The number of esters is 1. The van der Waals surface area contributed by atoms with Crippen molar-refractivity contribution in [1.82, 2.24) is 10.6 Å². The first-order chi connectivity index (χ1) is 12.8. The zero-order valence-electron chi connectivity index (χ0n) is 17.2. The first-order valence-electron chi connectivity index (χ1n) is 9.65. The molecule has 1 aromatic rings. The summed E-state index contributed by atoms with van der Waals surface area (Å²) in [7, 11) is 0. The fourth-order valence-electron chi connectivity index (χ4n) is 2.34. The molecule has 0 saturated heterocycles. The van der Waals surface area contributed by atoms with Crippen LogP contribution in [0.5, 0.6) is 0 Å². The molecule has 27 heavy (non-hydrogen) atoms. The van der Waals surface area contributed by atoms with Crippen LogP contribution in [0.2, 0.25) is 0 Å². The summed E-state index contributed by atoms with van der Waals surface area (Å²) in [4.78, 5) is 24.2. The minimum atomic E-state index is -0.477. The van der Waals surface area contributed by atoms with Crippen molar-refractivity contribution < 1.29 is 19.1 Å². The minimum Gasteiger partial charge on any atom is -0.464 e. The first-order valence-corrected chi connectivity index (χ1v) is 9.65. The third-order valence-corrected chi connectivity index (χ3v) is 3.71. The summed E-state index contributed by atoms with van der Waals surface area (Å²) in [6.07, 6.45) is 0.0826. The van der Waals surface area contributed by atoms with E-state index in [2.05, 4.69) is 10.6 Å². The summed E-state index contributed by atoms with van der Waals surface area (Å²) >= 11 is 0. The lowest BCUT2D eigenvalue weighted by Crippen LogP contribution is -2.49. The summed E-state index contributed by atoms with van der Waals surface area (Å²) in [5.74, 6) is 0.292. The van der Waals surface area contributed by atoms with Crippen LogP contribution in [-0.4, -0.2) is 43.9 Å². The van der Waals surface area contributed by atoms with Gasteiger partial charge in [-0.25, -0.2) is 4.79 Å². The van der Waals surface area contributed by atoms with Crippen molar-refractivity contribution in [2.45, 2.75) is 53.1 Å². The molecule has 6 nitrogen and oxygen atoms in total. The van der Waals surface area contributed by atoms with Crippen molar-refractivity contribution in [1.29, 1.82) is 0 Å². The molecule has 0 spiro atoms. The van der Waals surface area contributed by atoms with Gasteiger partial charge in [0.15, 0.2) is 0 Å². The minimum absolute atomic E-state index is 0.114. The van der Waals surface area contributed by atoms with E-state index in [0.717, 1.165) is 5.56 Å². The Bertz CT molecular complexity index is 561. The number of hydrogen-bond acceptors (Lipinski definition) is 5. The Morgan fingerprint density at radius 2 is 1.52 bits per heavy atom. The average molecular weight is 379 g/mol. The number of amides is 1. The summed E-state index contributed by atoms with van der Waals surface area (Å²) in [5.41, 5.74) is 1.05. The Morgan fingerprint density at radius 3 is 2.11 bits per heavy atom. The molecule has 0 aliphatic carbocycles. The topological polar surface area (TPSA) is 76.7 Å². The van der Waals surface area contributed by atoms with Crippen LogP contribution in [0.4, 0.5) is 4.79 Å². The highest BCUT2D eigenvalue weighted by atomic mass is 16.5. The van der Waals surface area contributed by atoms with Crippen molar-refractivity contribution in [3.05, 3.63) is 35.9 Å². The maximum atomic E-state index is 12.5. The molecular formula is C21H34N2O4. The van der Waals surface area contributed by atoms with Crippen LogP contribution in [0.25, 0.3) is 0 Å². The van der Waals surface area contributed by atoms with E-state index < -0.39 is 12.1 Å². The third-order valence-electron chi connectivity index (χ3n) is 3.71. The van der Waals surface area contributed by atoms with Crippen molar-refractivity contribution in [2.24, 2.45) is 11.8 Å². The predicted octanol–water partition coefficient (Wildman–Crippen LogP) is 3.16. The molecule has 0 aromatic heterocycles. The number of hydrogen-bond donors (Lipinski definition) is 2. The van der Waals surface area contributed by atoms with Gasteiger partial charge in [0.05, 0.1) is 13.2 Å². The van der Waals surface area contributed by atoms with E-state index in [-0.39, 0.29) is 23.8 Å². The molecule has 2 N–H and O–H groups in total. The van der Waals surface area contributed by atoms with Crippen LogP contribution >= 0.6 is 0 Å². The van der Waals surface area contributed by atoms with E-state index in [1.54, 1.807) is 0 Å². The zero-order valence-corrected chi connectivity index (χ0v) is 17.2. The van der Waals surface area contributed by atoms with Gasteiger partial charge in [0.2, 0.25) is 0 Å². The molecule has 0 radical (unpaired) electrons. The molecular weight excluding hydrogens is 344 g/mol. The van der Waals surface area contributed by atoms with Crippen molar-refractivity contribution in [2.75, 3.05) is 19.8 Å². The molecule has 1 rings (SSSR count). The van der Waals surface area contributed by atoms with Crippen LogP contribution < -0.4 is 10.6 Å². The largest absolute Gasteiger partial charge is 0.464 e. The zero-order chi connectivity index (χ0) is 20.2. The number of benzene rings is 1. The van der Waals surface area contributed by atoms with Gasteiger partial charge in [-0.1, -0.05) is 58.0 Å². The van der Waals surface area contributed by atoms with E-state index in [0.29, 0.717) is 26.2 Å². The lowest BCUT2D eigenvalue weighted by molar-refractivity contribution is -0.147. The molecule has 0 aliphatic heterocycles. The van der Waals surface area contributed by atoms with Crippen molar-refractivity contribution in [3.8, 4) is 0 Å². The molecule has 2 atom stereocenters. The van der Waals surface area contributed by atoms with Gasteiger partial charge in [-0.3, -0.25) is 10.1 Å². The van der Waals surface area contributed by atoms with E-state index >= 15 is 0 Å². The second-order valence-corrected chi connectivity index (χ2v) is 7.71. The number of alkyl carbamates (subject to hydrolysis) is 1. The molecule has 0 heterocycles.